The van der Waals surface area contributed by atoms with Crippen molar-refractivity contribution in [2.45, 2.75) is 29.6 Å². The Labute approximate surface area is 218 Å². The molecule has 0 bridgehead atoms. The van der Waals surface area contributed by atoms with Crippen molar-refractivity contribution in [2.75, 3.05) is 12.8 Å². The van der Waals surface area contributed by atoms with E-state index >= 15 is 0 Å². The van der Waals surface area contributed by atoms with E-state index in [1.807, 2.05) is 37.3 Å². The molecule has 0 radical (unpaired) electrons. The molecular formula is C28H27FN2O4S2. The SMILES string of the molecule is CC1=C(CC(=O)NCCc2ccc(S(N)(=O)=O)cc2)c2cc(F)ccc2/C1=C/c1ccc(S(C)=O)cc1. The minimum Gasteiger partial charge on any atom is -0.355 e. The summed E-state index contributed by atoms with van der Waals surface area (Å²) in [6.07, 6.45) is 4.23. The van der Waals surface area contributed by atoms with Gasteiger partial charge in [0.15, 0.2) is 0 Å². The van der Waals surface area contributed by atoms with Crippen LogP contribution in [0.5, 0.6) is 0 Å². The summed E-state index contributed by atoms with van der Waals surface area (Å²) < 4.78 is 48.6. The summed E-state index contributed by atoms with van der Waals surface area (Å²) in [5.41, 5.74) is 5.92. The van der Waals surface area contributed by atoms with Crippen molar-refractivity contribution in [2.24, 2.45) is 5.14 Å². The quantitative estimate of drug-likeness (QED) is 0.446. The number of sulfonamides is 1. The van der Waals surface area contributed by atoms with Gasteiger partial charge in [-0.2, -0.15) is 0 Å². The predicted molar refractivity (Wildman–Crippen MR) is 145 cm³/mol. The van der Waals surface area contributed by atoms with Crippen LogP contribution >= 0.6 is 0 Å². The average Bonchev–Trinajstić information content (AvgIpc) is 3.09. The third-order valence-corrected chi connectivity index (χ3v) is 8.17. The second kappa shape index (κ2) is 10.9. The molecule has 1 aliphatic rings. The molecule has 9 heteroatoms. The summed E-state index contributed by atoms with van der Waals surface area (Å²) in [6, 6.07) is 18.2. The molecular weight excluding hydrogens is 511 g/mol. The number of nitrogens with one attached hydrogen (secondary N) is 1. The maximum absolute atomic E-state index is 14.1. The van der Waals surface area contributed by atoms with Gasteiger partial charge >= 0.3 is 0 Å². The van der Waals surface area contributed by atoms with Crippen LogP contribution in [0.4, 0.5) is 4.39 Å². The van der Waals surface area contributed by atoms with Crippen LogP contribution in [-0.2, 0) is 32.0 Å². The van der Waals surface area contributed by atoms with E-state index in [1.165, 1.54) is 24.3 Å². The molecule has 0 spiro atoms. The van der Waals surface area contributed by atoms with E-state index in [4.69, 9.17) is 5.14 Å². The van der Waals surface area contributed by atoms with Gasteiger partial charge in [-0.25, -0.2) is 17.9 Å². The van der Waals surface area contributed by atoms with Crippen molar-refractivity contribution in [3.63, 3.8) is 0 Å². The molecule has 1 unspecified atom stereocenters. The second-order valence-electron chi connectivity index (χ2n) is 8.84. The average molecular weight is 539 g/mol. The lowest BCUT2D eigenvalue weighted by Gasteiger charge is -2.09. The van der Waals surface area contributed by atoms with Gasteiger partial charge in [-0.15, -0.1) is 0 Å². The van der Waals surface area contributed by atoms with E-state index in [2.05, 4.69) is 5.32 Å². The lowest BCUT2D eigenvalue weighted by molar-refractivity contribution is -0.120. The highest BCUT2D eigenvalue weighted by Gasteiger charge is 2.25. The van der Waals surface area contributed by atoms with Crippen LogP contribution in [0, 0.1) is 5.82 Å². The molecule has 3 N–H and O–H groups in total. The third kappa shape index (κ3) is 6.30. The molecule has 1 atom stereocenters. The Bertz CT molecular complexity index is 1540. The maximum Gasteiger partial charge on any atom is 0.238 e. The number of carbonyl (C=O) groups excluding carboxylic acids is 1. The van der Waals surface area contributed by atoms with Crippen LogP contribution < -0.4 is 10.5 Å². The zero-order chi connectivity index (χ0) is 26.7. The monoisotopic (exact) mass is 538 g/mol. The van der Waals surface area contributed by atoms with Crippen LogP contribution in [0.2, 0.25) is 0 Å². The highest BCUT2D eigenvalue weighted by molar-refractivity contribution is 7.89. The number of hydrogen-bond acceptors (Lipinski definition) is 4. The molecule has 0 aromatic heterocycles. The Morgan fingerprint density at radius 3 is 2.32 bits per heavy atom. The molecule has 0 aliphatic heterocycles. The van der Waals surface area contributed by atoms with Crippen LogP contribution in [0.15, 0.2) is 82.1 Å². The standard InChI is InChI=1S/C28H27FN2O4S2/c1-18-25(15-20-3-8-22(9-4-20)36(2)33)24-12-7-21(29)16-27(24)26(18)17-28(32)31-14-13-19-5-10-23(11-6-19)37(30,34)35/h3-12,15-16H,13-14,17H2,1-2H3,(H,31,32)(H2,30,34,35)/b25-15+. The summed E-state index contributed by atoms with van der Waals surface area (Å²) in [5, 5.41) is 8.01. The van der Waals surface area contributed by atoms with E-state index in [0.29, 0.717) is 18.5 Å². The number of rotatable bonds is 8. The molecule has 0 fully saturated rings. The highest BCUT2D eigenvalue weighted by Crippen LogP contribution is 2.43. The highest BCUT2D eigenvalue weighted by atomic mass is 32.2. The number of allylic oxidation sites excluding steroid dienone is 2. The van der Waals surface area contributed by atoms with E-state index < -0.39 is 20.8 Å². The van der Waals surface area contributed by atoms with Gasteiger partial charge in [0.05, 0.1) is 11.3 Å². The molecule has 0 saturated heterocycles. The van der Waals surface area contributed by atoms with Crippen LogP contribution in [0.3, 0.4) is 0 Å². The number of hydrogen-bond donors (Lipinski definition) is 2. The summed E-state index contributed by atoms with van der Waals surface area (Å²) in [4.78, 5) is 13.6. The molecule has 192 valence electrons. The summed E-state index contributed by atoms with van der Waals surface area (Å²) >= 11 is 0. The third-order valence-electron chi connectivity index (χ3n) is 6.30. The van der Waals surface area contributed by atoms with Crippen LogP contribution in [0.1, 0.15) is 35.6 Å². The fraction of sp³-hybridized carbons (Fsp3) is 0.179. The van der Waals surface area contributed by atoms with E-state index in [0.717, 1.165) is 38.3 Å². The van der Waals surface area contributed by atoms with Crippen molar-refractivity contribution in [1.82, 2.24) is 5.32 Å². The van der Waals surface area contributed by atoms with Crippen molar-refractivity contribution in [1.29, 1.82) is 0 Å². The van der Waals surface area contributed by atoms with Gasteiger partial charge in [-0.1, -0.05) is 30.3 Å². The largest absolute Gasteiger partial charge is 0.355 e. The van der Waals surface area contributed by atoms with Gasteiger partial charge in [0.25, 0.3) is 0 Å². The van der Waals surface area contributed by atoms with Gasteiger partial charge in [0.2, 0.25) is 15.9 Å². The minimum atomic E-state index is -3.75. The van der Waals surface area contributed by atoms with Gasteiger partial charge < -0.3 is 5.32 Å². The second-order valence-corrected chi connectivity index (χ2v) is 11.8. The van der Waals surface area contributed by atoms with Crippen molar-refractivity contribution in [3.8, 4) is 0 Å². The number of primary sulfonamides is 1. The van der Waals surface area contributed by atoms with E-state index in [1.54, 1.807) is 24.5 Å². The summed E-state index contributed by atoms with van der Waals surface area (Å²) in [7, 11) is -4.81. The first kappa shape index (κ1) is 26.7. The predicted octanol–water partition coefficient (Wildman–Crippen LogP) is 4.29. The number of amides is 1. The molecule has 0 heterocycles. The molecule has 0 saturated carbocycles. The molecule has 4 rings (SSSR count). The molecule has 1 amide bonds. The number of halogens is 1. The van der Waals surface area contributed by atoms with Crippen LogP contribution in [0.25, 0.3) is 17.2 Å². The Hall–Kier alpha value is -3.40. The molecule has 1 aliphatic carbocycles. The first-order valence-corrected chi connectivity index (χ1v) is 14.7. The fourth-order valence-corrected chi connectivity index (χ4v) is 5.35. The first-order valence-electron chi connectivity index (χ1n) is 11.6. The zero-order valence-electron chi connectivity index (χ0n) is 20.5. The lowest BCUT2D eigenvalue weighted by Crippen LogP contribution is -2.25. The topological polar surface area (TPSA) is 106 Å². The molecule has 37 heavy (non-hydrogen) atoms. The van der Waals surface area contributed by atoms with Gasteiger partial charge in [0.1, 0.15) is 5.82 Å². The van der Waals surface area contributed by atoms with Gasteiger partial charge in [-0.3, -0.25) is 9.00 Å². The Morgan fingerprint density at radius 2 is 1.70 bits per heavy atom. The van der Waals surface area contributed by atoms with E-state index in [9.17, 15) is 21.8 Å². The minimum absolute atomic E-state index is 0.0370. The molecule has 3 aromatic carbocycles. The first-order chi connectivity index (χ1) is 17.5. The number of fused-ring (bicyclic) bond motifs is 1. The lowest BCUT2D eigenvalue weighted by atomic mass is 10.0. The number of carbonyl (C=O) groups is 1. The molecule has 3 aromatic rings. The van der Waals surface area contributed by atoms with Crippen molar-refractivity contribution in [3.05, 3.63) is 100 Å². The van der Waals surface area contributed by atoms with Crippen molar-refractivity contribution >= 4 is 44.0 Å². The number of benzene rings is 3. The Kier molecular flexibility index (Phi) is 7.87. The Morgan fingerprint density at radius 1 is 1.03 bits per heavy atom. The maximum atomic E-state index is 14.1. The van der Waals surface area contributed by atoms with Gasteiger partial charge in [0, 0.05) is 28.5 Å². The van der Waals surface area contributed by atoms with E-state index in [-0.39, 0.29) is 23.0 Å². The van der Waals surface area contributed by atoms with Crippen LogP contribution in [-0.4, -0.2) is 31.3 Å². The normalized spacial score (nSPS) is 15.1. The number of nitrogens with two attached hydrogens (primary N) is 1. The zero-order valence-corrected chi connectivity index (χ0v) is 22.1. The summed E-state index contributed by atoms with van der Waals surface area (Å²) in [6.45, 7) is 2.29. The fourth-order valence-electron chi connectivity index (χ4n) is 4.32. The summed E-state index contributed by atoms with van der Waals surface area (Å²) in [5.74, 6) is -0.565. The smallest absolute Gasteiger partial charge is 0.238 e. The molecule has 6 nitrogen and oxygen atoms in total. The van der Waals surface area contributed by atoms with Crippen molar-refractivity contribution < 1.29 is 21.8 Å². The Balaban J connectivity index is 1.49. The van der Waals surface area contributed by atoms with Gasteiger partial charge in [-0.05, 0) is 94.8 Å².